The van der Waals surface area contributed by atoms with Gasteiger partial charge in [-0.3, -0.25) is 4.79 Å². The van der Waals surface area contributed by atoms with E-state index in [4.69, 9.17) is 0 Å². The first kappa shape index (κ1) is 11.4. The molecule has 0 atom stereocenters. The van der Waals surface area contributed by atoms with Crippen LogP contribution in [0.25, 0.3) is 0 Å². The quantitative estimate of drug-likeness (QED) is 0.863. The normalized spacial score (nSPS) is 10.3. The van der Waals surface area contributed by atoms with Gasteiger partial charge in [0, 0.05) is 11.6 Å². The lowest BCUT2D eigenvalue weighted by atomic mass is 9.99. The van der Waals surface area contributed by atoms with Crippen molar-refractivity contribution in [2.75, 3.05) is 5.32 Å². The maximum atomic E-state index is 12.1. The van der Waals surface area contributed by atoms with Crippen molar-refractivity contribution in [2.24, 2.45) is 0 Å². The highest BCUT2D eigenvalue weighted by Crippen LogP contribution is 2.17. The highest BCUT2D eigenvalue weighted by molar-refractivity contribution is 6.05. The average molecular weight is 230 g/mol. The van der Waals surface area contributed by atoms with Crippen LogP contribution in [0.15, 0.2) is 29.0 Å². The van der Waals surface area contributed by atoms with Gasteiger partial charge in [0.15, 0.2) is 5.82 Å². The van der Waals surface area contributed by atoms with E-state index in [1.165, 1.54) is 6.26 Å². The van der Waals surface area contributed by atoms with Gasteiger partial charge in [-0.2, -0.15) is 0 Å². The summed E-state index contributed by atoms with van der Waals surface area (Å²) in [5.74, 6) is 0.267. The zero-order valence-corrected chi connectivity index (χ0v) is 10.1. The summed E-state index contributed by atoms with van der Waals surface area (Å²) in [5, 5.41) is 6.35. The fourth-order valence-electron chi connectivity index (χ4n) is 1.99. The summed E-state index contributed by atoms with van der Waals surface area (Å²) in [6.07, 6.45) is 1.42. The number of carbonyl (C=O) groups excluding carboxylic acids is 1. The number of carbonyl (C=O) groups is 1. The van der Waals surface area contributed by atoms with Gasteiger partial charge in [-0.15, -0.1) is 0 Å². The number of nitrogens with zero attached hydrogens (tertiary/aromatic N) is 1. The fraction of sp³-hybridized carbons (Fsp3) is 0.231. The van der Waals surface area contributed by atoms with Gasteiger partial charge < -0.3 is 9.84 Å². The van der Waals surface area contributed by atoms with Crippen LogP contribution >= 0.6 is 0 Å². The van der Waals surface area contributed by atoms with Gasteiger partial charge in [0.25, 0.3) is 5.91 Å². The van der Waals surface area contributed by atoms with Crippen LogP contribution in [0.3, 0.4) is 0 Å². The minimum absolute atomic E-state index is 0.158. The molecule has 1 amide bonds. The summed E-state index contributed by atoms with van der Waals surface area (Å²) in [7, 11) is 0. The van der Waals surface area contributed by atoms with Gasteiger partial charge in [0.1, 0.15) is 6.26 Å². The number of hydrogen-bond donors (Lipinski definition) is 1. The third kappa shape index (κ3) is 2.36. The highest BCUT2D eigenvalue weighted by atomic mass is 16.5. The third-order valence-electron chi connectivity index (χ3n) is 2.58. The molecule has 4 nitrogen and oxygen atoms in total. The summed E-state index contributed by atoms with van der Waals surface area (Å²) in [6, 6.07) is 5.59. The smallest absolute Gasteiger partial charge is 0.257 e. The lowest BCUT2D eigenvalue weighted by Gasteiger charge is -2.10. The van der Waals surface area contributed by atoms with Crippen LogP contribution in [0.2, 0.25) is 0 Å². The molecule has 2 rings (SSSR count). The number of benzene rings is 1. The summed E-state index contributed by atoms with van der Waals surface area (Å²) in [4.78, 5) is 12.1. The van der Waals surface area contributed by atoms with Crippen LogP contribution in [-0.2, 0) is 0 Å². The molecule has 0 saturated carbocycles. The molecule has 2 aromatic rings. The summed E-state index contributed by atoms with van der Waals surface area (Å²) in [6.45, 7) is 5.87. The molecule has 0 aliphatic heterocycles. The maximum absolute atomic E-state index is 12.1. The van der Waals surface area contributed by atoms with E-state index in [-0.39, 0.29) is 5.91 Å². The Morgan fingerprint density at radius 1 is 1.24 bits per heavy atom. The molecular weight excluding hydrogens is 216 g/mol. The Bertz CT molecular complexity index is 522. The number of nitrogens with one attached hydrogen (secondary N) is 1. The van der Waals surface area contributed by atoms with Crippen molar-refractivity contribution in [3.63, 3.8) is 0 Å². The number of aromatic nitrogens is 1. The first-order valence-corrected chi connectivity index (χ1v) is 5.37. The van der Waals surface area contributed by atoms with Crippen molar-refractivity contribution in [3.05, 3.63) is 46.7 Å². The molecule has 1 N–H and O–H groups in total. The van der Waals surface area contributed by atoms with Gasteiger partial charge in [-0.1, -0.05) is 22.9 Å². The van der Waals surface area contributed by atoms with E-state index in [0.29, 0.717) is 11.4 Å². The van der Waals surface area contributed by atoms with Crippen LogP contribution in [0.4, 0.5) is 5.82 Å². The van der Waals surface area contributed by atoms with Crippen molar-refractivity contribution in [2.45, 2.75) is 20.8 Å². The number of aryl methyl sites for hydroxylation is 3. The van der Waals surface area contributed by atoms with Gasteiger partial charge in [0.05, 0.1) is 0 Å². The van der Waals surface area contributed by atoms with Gasteiger partial charge in [-0.25, -0.2) is 0 Å². The molecule has 0 bridgehead atoms. The molecule has 0 spiro atoms. The Morgan fingerprint density at radius 3 is 2.41 bits per heavy atom. The topological polar surface area (TPSA) is 55.1 Å². The number of amides is 1. The molecule has 88 valence electrons. The zero-order valence-electron chi connectivity index (χ0n) is 10.1. The van der Waals surface area contributed by atoms with E-state index >= 15 is 0 Å². The molecule has 0 unspecified atom stereocenters. The second-order valence-corrected chi connectivity index (χ2v) is 4.11. The molecule has 17 heavy (non-hydrogen) atoms. The summed E-state index contributed by atoms with van der Waals surface area (Å²) in [5.41, 5.74) is 3.77. The second kappa shape index (κ2) is 4.41. The van der Waals surface area contributed by atoms with Gasteiger partial charge in [-0.05, 0) is 31.9 Å². The molecule has 1 heterocycles. The molecule has 0 radical (unpaired) electrons. The standard InChI is InChI=1S/C13H14N2O2/c1-8-6-9(2)12(10(3)7-8)13(16)14-11-4-5-17-15-11/h4-7H,1-3H3,(H,14,15,16). The fourth-order valence-corrected chi connectivity index (χ4v) is 1.99. The van der Waals surface area contributed by atoms with Gasteiger partial charge >= 0.3 is 0 Å². The van der Waals surface area contributed by atoms with Crippen molar-refractivity contribution in [3.8, 4) is 0 Å². The van der Waals surface area contributed by atoms with Crippen molar-refractivity contribution >= 4 is 11.7 Å². The second-order valence-electron chi connectivity index (χ2n) is 4.11. The van der Waals surface area contributed by atoms with E-state index in [9.17, 15) is 4.79 Å². The molecule has 4 heteroatoms. The summed E-state index contributed by atoms with van der Waals surface area (Å²) < 4.78 is 4.67. The van der Waals surface area contributed by atoms with Crippen molar-refractivity contribution < 1.29 is 9.32 Å². The maximum Gasteiger partial charge on any atom is 0.257 e. The van der Waals surface area contributed by atoms with Crippen molar-refractivity contribution in [1.29, 1.82) is 0 Å². The first-order chi connectivity index (χ1) is 8.08. The van der Waals surface area contributed by atoms with E-state index in [0.717, 1.165) is 16.7 Å². The Morgan fingerprint density at radius 2 is 1.88 bits per heavy atom. The zero-order chi connectivity index (χ0) is 12.4. The number of rotatable bonds is 2. The Hall–Kier alpha value is -2.10. The van der Waals surface area contributed by atoms with Crippen LogP contribution in [-0.4, -0.2) is 11.1 Å². The predicted molar refractivity (Wildman–Crippen MR) is 65.1 cm³/mol. The summed E-state index contributed by atoms with van der Waals surface area (Å²) >= 11 is 0. The minimum atomic E-state index is -0.158. The lowest BCUT2D eigenvalue weighted by Crippen LogP contribution is -2.15. The monoisotopic (exact) mass is 230 g/mol. The van der Waals surface area contributed by atoms with E-state index in [2.05, 4.69) is 15.0 Å². The molecule has 1 aromatic heterocycles. The van der Waals surface area contributed by atoms with Crippen LogP contribution < -0.4 is 5.32 Å². The lowest BCUT2D eigenvalue weighted by molar-refractivity contribution is 0.102. The minimum Gasteiger partial charge on any atom is -0.363 e. The number of anilines is 1. The SMILES string of the molecule is Cc1cc(C)c(C(=O)Nc2ccon2)c(C)c1. The van der Waals surface area contributed by atoms with Crippen LogP contribution in [0, 0.1) is 20.8 Å². The van der Waals surface area contributed by atoms with E-state index in [1.54, 1.807) is 6.07 Å². The van der Waals surface area contributed by atoms with Crippen molar-refractivity contribution in [1.82, 2.24) is 5.16 Å². The third-order valence-corrected chi connectivity index (χ3v) is 2.58. The largest absolute Gasteiger partial charge is 0.363 e. The Labute approximate surface area is 99.6 Å². The average Bonchev–Trinajstić information content (AvgIpc) is 2.68. The van der Waals surface area contributed by atoms with Crippen LogP contribution in [0.1, 0.15) is 27.0 Å². The Kier molecular flexibility index (Phi) is 2.95. The predicted octanol–water partition coefficient (Wildman–Crippen LogP) is 2.85. The van der Waals surface area contributed by atoms with Gasteiger partial charge in [0.2, 0.25) is 0 Å². The molecule has 0 aliphatic rings. The molecule has 1 aromatic carbocycles. The number of hydrogen-bond acceptors (Lipinski definition) is 3. The van der Waals surface area contributed by atoms with Crippen LogP contribution in [0.5, 0.6) is 0 Å². The molecule has 0 aliphatic carbocycles. The van der Waals surface area contributed by atoms with E-state index < -0.39 is 0 Å². The first-order valence-electron chi connectivity index (χ1n) is 5.37. The molecule has 0 saturated heterocycles. The highest BCUT2D eigenvalue weighted by Gasteiger charge is 2.13. The molecule has 0 fully saturated rings. The Balaban J connectivity index is 2.31. The molecular formula is C13H14N2O2. The van der Waals surface area contributed by atoms with E-state index in [1.807, 2.05) is 32.9 Å².